The van der Waals surface area contributed by atoms with Crippen LogP contribution < -0.4 is 5.32 Å². The van der Waals surface area contributed by atoms with Crippen molar-refractivity contribution in [3.63, 3.8) is 0 Å². The van der Waals surface area contributed by atoms with Crippen LogP contribution in [0.2, 0.25) is 0 Å². The molecule has 3 atom stereocenters. The maximum atomic E-state index is 12.0. The Morgan fingerprint density at radius 1 is 1.42 bits per heavy atom. The Hall–Kier alpha value is -0.610. The lowest BCUT2D eigenvalue weighted by Gasteiger charge is -2.30. The highest BCUT2D eigenvalue weighted by atomic mass is 16.1. The molecule has 3 unspecified atom stereocenters. The van der Waals surface area contributed by atoms with E-state index in [1.807, 2.05) is 0 Å². The molecule has 1 fully saturated rings. The van der Waals surface area contributed by atoms with Crippen molar-refractivity contribution in [2.45, 2.75) is 58.2 Å². The fourth-order valence-electron chi connectivity index (χ4n) is 2.73. The molecule has 0 saturated carbocycles. The first-order chi connectivity index (χ1) is 8.74. The van der Waals surface area contributed by atoms with Gasteiger partial charge < -0.3 is 9.80 Å². The minimum atomic E-state index is 0.205. The third kappa shape index (κ3) is 5.11. The largest absolute Gasteiger partial charge is 0.352 e. The van der Waals surface area contributed by atoms with Crippen LogP contribution in [0.25, 0.3) is 0 Å². The van der Waals surface area contributed by atoms with E-state index in [9.17, 15) is 4.79 Å². The summed E-state index contributed by atoms with van der Waals surface area (Å²) in [6, 6.07) is 1.40. The number of amides is 1. The van der Waals surface area contributed by atoms with Gasteiger partial charge in [-0.05, 0) is 26.7 Å². The molecule has 0 radical (unpaired) electrons. The molecule has 1 N–H and O–H groups in total. The lowest BCUT2D eigenvalue weighted by molar-refractivity contribution is -0.869. The SMILES string of the molecule is CCC(C)N1CCC(NC(=O)CC[N+](C)(C)C)C1C. The molecule has 19 heavy (non-hydrogen) atoms. The van der Waals surface area contributed by atoms with Crippen LogP contribution in [0.15, 0.2) is 0 Å². The Balaban J connectivity index is 2.40. The molecule has 112 valence electrons. The van der Waals surface area contributed by atoms with Crippen LogP contribution in [-0.2, 0) is 4.79 Å². The minimum absolute atomic E-state index is 0.205. The molecule has 0 aliphatic carbocycles. The third-order valence-corrected chi connectivity index (χ3v) is 4.32. The molecule has 0 spiro atoms. The van der Waals surface area contributed by atoms with Crippen molar-refractivity contribution in [3.8, 4) is 0 Å². The van der Waals surface area contributed by atoms with Crippen LogP contribution in [0.3, 0.4) is 0 Å². The van der Waals surface area contributed by atoms with Crippen molar-refractivity contribution in [1.82, 2.24) is 10.2 Å². The Labute approximate surface area is 118 Å². The van der Waals surface area contributed by atoms with E-state index in [-0.39, 0.29) is 5.91 Å². The molecule has 1 aliphatic heterocycles. The number of carbonyl (C=O) groups is 1. The first kappa shape index (κ1) is 16.4. The summed E-state index contributed by atoms with van der Waals surface area (Å²) < 4.78 is 0.840. The van der Waals surface area contributed by atoms with Crippen LogP contribution in [-0.4, -0.2) is 67.6 Å². The van der Waals surface area contributed by atoms with Crippen LogP contribution in [0.5, 0.6) is 0 Å². The molecular weight excluding hydrogens is 238 g/mol. The summed E-state index contributed by atoms with van der Waals surface area (Å²) in [6.07, 6.45) is 2.88. The molecular formula is C15H32N3O+. The molecule has 4 nitrogen and oxygen atoms in total. The molecule has 1 rings (SSSR count). The summed E-state index contributed by atoms with van der Waals surface area (Å²) in [7, 11) is 6.36. The highest BCUT2D eigenvalue weighted by molar-refractivity contribution is 5.76. The van der Waals surface area contributed by atoms with Gasteiger partial charge in [0.25, 0.3) is 0 Å². The average molecular weight is 270 g/mol. The number of hydrogen-bond donors (Lipinski definition) is 1. The average Bonchev–Trinajstić information content (AvgIpc) is 2.67. The summed E-state index contributed by atoms with van der Waals surface area (Å²) in [5.41, 5.74) is 0. The van der Waals surface area contributed by atoms with Gasteiger partial charge in [0.2, 0.25) is 5.91 Å². The van der Waals surface area contributed by atoms with Gasteiger partial charge in [0.1, 0.15) is 0 Å². The first-order valence-corrected chi connectivity index (χ1v) is 7.60. The van der Waals surface area contributed by atoms with Crippen molar-refractivity contribution >= 4 is 5.91 Å². The molecule has 1 heterocycles. The fourth-order valence-corrected chi connectivity index (χ4v) is 2.73. The van der Waals surface area contributed by atoms with Crippen LogP contribution >= 0.6 is 0 Å². The van der Waals surface area contributed by atoms with Gasteiger partial charge in [-0.15, -0.1) is 0 Å². The number of carbonyl (C=O) groups excluding carboxylic acids is 1. The number of nitrogens with one attached hydrogen (secondary N) is 1. The smallest absolute Gasteiger partial charge is 0.225 e. The summed E-state index contributed by atoms with van der Waals surface area (Å²) >= 11 is 0. The van der Waals surface area contributed by atoms with Gasteiger partial charge in [-0.3, -0.25) is 9.69 Å². The number of likely N-dealkylation sites (tertiary alicyclic amines) is 1. The zero-order chi connectivity index (χ0) is 14.6. The summed E-state index contributed by atoms with van der Waals surface area (Å²) in [5, 5.41) is 3.22. The molecule has 1 saturated heterocycles. The van der Waals surface area contributed by atoms with E-state index in [1.54, 1.807) is 0 Å². The topological polar surface area (TPSA) is 32.3 Å². The van der Waals surface area contributed by atoms with Gasteiger partial charge in [0.15, 0.2) is 0 Å². The summed E-state index contributed by atoms with van der Waals surface area (Å²) in [4.78, 5) is 14.5. The normalized spacial score (nSPS) is 26.4. The number of quaternary nitrogens is 1. The van der Waals surface area contributed by atoms with Crippen LogP contribution in [0, 0.1) is 0 Å². The van der Waals surface area contributed by atoms with E-state index in [2.05, 4.69) is 52.1 Å². The van der Waals surface area contributed by atoms with Crippen LogP contribution in [0.4, 0.5) is 0 Å². The van der Waals surface area contributed by atoms with Crippen LogP contribution in [0.1, 0.15) is 40.0 Å². The van der Waals surface area contributed by atoms with E-state index >= 15 is 0 Å². The van der Waals surface area contributed by atoms with Crippen molar-refractivity contribution in [2.24, 2.45) is 0 Å². The predicted molar refractivity (Wildman–Crippen MR) is 80.0 cm³/mol. The second-order valence-electron chi connectivity index (χ2n) is 6.96. The zero-order valence-corrected chi connectivity index (χ0v) is 13.6. The molecule has 0 aromatic rings. The highest BCUT2D eigenvalue weighted by Crippen LogP contribution is 2.21. The quantitative estimate of drug-likeness (QED) is 0.741. The Morgan fingerprint density at radius 3 is 2.58 bits per heavy atom. The second-order valence-corrected chi connectivity index (χ2v) is 6.96. The molecule has 0 bridgehead atoms. The van der Waals surface area contributed by atoms with E-state index in [0.717, 1.165) is 24.0 Å². The van der Waals surface area contributed by atoms with Gasteiger partial charge >= 0.3 is 0 Å². The Bertz CT molecular complexity index is 298. The summed E-state index contributed by atoms with van der Waals surface area (Å²) in [5.74, 6) is 0.205. The Kier molecular flexibility index (Phi) is 5.81. The summed E-state index contributed by atoms with van der Waals surface area (Å²) in [6.45, 7) is 8.74. The lowest BCUT2D eigenvalue weighted by Crippen LogP contribution is -2.46. The van der Waals surface area contributed by atoms with E-state index in [4.69, 9.17) is 0 Å². The minimum Gasteiger partial charge on any atom is -0.352 e. The zero-order valence-electron chi connectivity index (χ0n) is 13.6. The predicted octanol–water partition coefficient (Wildman–Crippen LogP) is 1.46. The monoisotopic (exact) mass is 270 g/mol. The molecule has 1 amide bonds. The molecule has 4 heteroatoms. The van der Waals surface area contributed by atoms with E-state index in [0.29, 0.717) is 24.5 Å². The van der Waals surface area contributed by atoms with Gasteiger partial charge in [-0.2, -0.15) is 0 Å². The van der Waals surface area contributed by atoms with Gasteiger partial charge in [0.05, 0.1) is 34.1 Å². The lowest BCUT2D eigenvalue weighted by atomic mass is 10.1. The standard InChI is InChI=1S/C15H31N3O/c1-7-12(2)17-10-8-14(13(17)3)16-15(19)9-11-18(4,5)6/h12-14H,7-11H2,1-6H3/p+1. The number of hydrogen-bond acceptors (Lipinski definition) is 2. The maximum Gasteiger partial charge on any atom is 0.225 e. The van der Waals surface area contributed by atoms with Crippen molar-refractivity contribution in [2.75, 3.05) is 34.2 Å². The highest BCUT2D eigenvalue weighted by Gasteiger charge is 2.33. The van der Waals surface area contributed by atoms with E-state index < -0.39 is 0 Å². The fraction of sp³-hybridized carbons (Fsp3) is 0.933. The Morgan fingerprint density at radius 2 is 2.05 bits per heavy atom. The second kappa shape index (κ2) is 6.71. The van der Waals surface area contributed by atoms with E-state index in [1.165, 1.54) is 6.42 Å². The van der Waals surface area contributed by atoms with Crippen molar-refractivity contribution in [3.05, 3.63) is 0 Å². The van der Waals surface area contributed by atoms with Gasteiger partial charge in [-0.1, -0.05) is 6.92 Å². The van der Waals surface area contributed by atoms with Gasteiger partial charge in [0, 0.05) is 24.7 Å². The molecule has 0 aromatic heterocycles. The number of rotatable bonds is 6. The number of nitrogens with zero attached hydrogens (tertiary/aromatic N) is 2. The van der Waals surface area contributed by atoms with Crippen molar-refractivity contribution < 1.29 is 9.28 Å². The van der Waals surface area contributed by atoms with Crippen molar-refractivity contribution in [1.29, 1.82) is 0 Å². The third-order valence-electron chi connectivity index (χ3n) is 4.32. The maximum absolute atomic E-state index is 12.0. The van der Waals surface area contributed by atoms with Gasteiger partial charge in [-0.25, -0.2) is 0 Å². The first-order valence-electron chi connectivity index (χ1n) is 7.60. The molecule has 1 aliphatic rings. The molecule has 0 aromatic carbocycles.